The fraction of sp³-hybridized carbons (Fsp3) is 0.0667. The molecular formula is C15H12ClFN3O. The number of aromatic nitrogens is 1. The number of rotatable bonds is 3. The zero-order valence-electron chi connectivity index (χ0n) is 11.0. The van der Waals surface area contributed by atoms with Gasteiger partial charge in [0.15, 0.2) is 11.4 Å². The van der Waals surface area contributed by atoms with E-state index in [1.165, 1.54) is 0 Å². The maximum atomic E-state index is 13.9. The van der Waals surface area contributed by atoms with Gasteiger partial charge in [0.2, 0.25) is 0 Å². The third-order valence-electron chi connectivity index (χ3n) is 3.13. The van der Waals surface area contributed by atoms with Gasteiger partial charge >= 0.3 is 0 Å². The molecule has 0 amide bonds. The van der Waals surface area contributed by atoms with Gasteiger partial charge in [-0.05, 0) is 30.2 Å². The Balaban J connectivity index is 2.05. The van der Waals surface area contributed by atoms with Gasteiger partial charge in [-0.3, -0.25) is 0 Å². The summed E-state index contributed by atoms with van der Waals surface area (Å²) in [6.45, 7) is 3.89. The number of nitrogens with zero attached hydrogens (tertiary/aromatic N) is 1. The molecule has 1 heterocycles. The summed E-state index contributed by atoms with van der Waals surface area (Å²) in [5.41, 5.74) is 7.81. The molecule has 0 aliphatic carbocycles. The Morgan fingerprint density at radius 3 is 2.90 bits per heavy atom. The second-order valence-electron chi connectivity index (χ2n) is 4.51. The quantitative estimate of drug-likeness (QED) is 0.767. The van der Waals surface area contributed by atoms with Crippen molar-refractivity contribution in [3.8, 4) is 0 Å². The molecule has 1 radical (unpaired) electrons. The standard InChI is InChI=1S/C15H12ClFN3O/c1-8-5-6-11-14(12(8)17)21-15(19-11)20-13-9(7-18)3-2-4-10(13)16/h2-6H,1,7,18H2,(H,19,20). The lowest BCUT2D eigenvalue weighted by molar-refractivity contribution is 0.563. The molecule has 2 aromatic carbocycles. The number of hydrogen-bond donors (Lipinski definition) is 2. The number of fused-ring (bicyclic) bond motifs is 1. The van der Waals surface area contributed by atoms with Gasteiger partial charge in [-0.15, -0.1) is 0 Å². The zero-order valence-corrected chi connectivity index (χ0v) is 11.7. The topological polar surface area (TPSA) is 64.1 Å². The number of anilines is 2. The van der Waals surface area contributed by atoms with Crippen molar-refractivity contribution in [3.63, 3.8) is 0 Å². The van der Waals surface area contributed by atoms with E-state index in [0.29, 0.717) is 22.8 Å². The predicted octanol–water partition coefficient (Wildman–Crippen LogP) is 4.00. The Labute approximate surface area is 125 Å². The lowest BCUT2D eigenvalue weighted by Gasteiger charge is -2.09. The number of hydrogen-bond acceptors (Lipinski definition) is 4. The Morgan fingerprint density at radius 2 is 2.14 bits per heavy atom. The third-order valence-corrected chi connectivity index (χ3v) is 3.44. The van der Waals surface area contributed by atoms with Crippen LogP contribution in [0.25, 0.3) is 11.1 Å². The van der Waals surface area contributed by atoms with Gasteiger partial charge in [0.1, 0.15) is 5.52 Å². The number of para-hydroxylation sites is 1. The average Bonchev–Trinajstić information content (AvgIpc) is 2.89. The van der Waals surface area contributed by atoms with Crippen LogP contribution < -0.4 is 11.1 Å². The third kappa shape index (κ3) is 2.46. The SMILES string of the molecule is [CH2]c1ccc2nc(Nc3c(Cl)cccc3CN)oc2c1F. The van der Waals surface area contributed by atoms with Crippen LogP contribution >= 0.6 is 11.6 Å². The van der Waals surface area contributed by atoms with Crippen molar-refractivity contribution in [2.24, 2.45) is 5.73 Å². The molecule has 21 heavy (non-hydrogen) atoms. The molecule has 0 fully saturated rings. The number of halogens is 2. The summed E-state index contributed by atoms with van der Waals surface area (Å²) in [4.78, 5) is 4.18. The fourth-order valence-electron chi connectivity index (χ4n) is 2.04. The van der Waals surface area contributed by atoms with Crippen molar-refractivity contribution < 1.29 is 8.81 Å². The fourth-order valence-corrected chi connectivity index (χ4v) is 2.28. The average molecular weight is 305 g/mol. The zero-order chi connectivity index (χ0) is 15.0. The first-order chi connectivity index (χ1) is 10.1. The monoisotopic (exact) mass is 304 g/mol. The van der Waals surface area contributed by atoms with Crippen LogP contribution in [0.2, 0.25) is 5.02 Å². The van der Waals surface area contributed by atoms with Crippen molar-refractivity contribution in [3.05, 3.63) is 59.2 Å². The van der Waals surface area contributed by atoms with Crippen LogP contribution in [0.1, 0.15) is 11.1 Å². The van der Waals surface area contributed by atoms with Crippen molar-refractivity contribution in [1.82, 2.24) is 4.98 Å². The second kappa shape index (κ2) is 5.35. The Morgan fingerprint density at radius 1 is 1.33 bits per heavy atom. The molecule has 1 aromatic heterocycles. The molecule has 0 aliphatic heterocycles. The predicted molar refractivity (Wildman–Crippen MR) is 81.1 cm³/mol. The summed E-state index contributed by atoms with van der Waals surface area (Å²) in [6, 6.07) is 8.70. The van der Waals surface area contributed by atoms with E-state index in [0.717, 1.165) is 5.56 Å². The minimum atomic E-state index is -0.522. The maximum Gasteiger partial charge on any atom is 0.300 e. The molecule has 6 heteroatoms. The van der Waals surface area contributed by atoms with Crippen LogP contribution in [0, 0.1) is 12.7 Å². The van der Waals surface area contributed by atoms with Crippen LogP contribution in [0.4, 0.5) is 16.1 Å². The highest BCUT2D eigenvalue weighted by Gasteiger charge is 2.14. The highest BCUT2D eigenvalue weighted by molar-refractivity contribution is 6.33. The van der Waals surface area contributed by atoms with Crippen LogP contribution in [-0.4, -0.2) is 4.98 Å². The first-order valence-corrected chi connectivity index (χ1v) is 6.63. The number of benzene rings is 2. The molecule has 0 aliphatic rings. The molecule has 3 aromatic rings. The summed E-state index contributed by atoms with van der Waals surface area (Å²) in [6.07, 6.45) is 0. The van der Waals surface area contributed by atoms with Gasteiger partial charge in [0.25, 0.3) is 6.01 Å². The summed E-state index contributed by atoms with van der Waals surface area (Å²) in [5, 5.41) is 3.44. The van der Waals surface area contributed by atoms with Gasteiger partial charge in [0, 0.05) is 6.54 Å². The van der Waals surface area contributed by atoms with Crippen molar-refractivity contribution in [1.29, 1.82) is 0 Å². The molecule has 4 nitrogen and oxygen atoms in total. The molecule has 0 saturated heterocycles. The van der Waals surface area contributed by atoms with E-state index in [-0.39, 0.29) is 17.2 Å². The molecule has 107 valence electrons. The number of nitrogens with one attached hydrogen (secondary N) is 1. The number of nitrogens with two attached hydrogens (primary N) is 1. The van der Waals surface area contributed by atoms with Crippen molar-refractivity contribution in [2.75, 3.05) is 5.32 Å². The number of oxazole rings is 1. The minimum Gasteiger partial charge on any atom is -0.420 e. The highest BCUT2D eigenvalue weighted by Crippen LogP contribution is 2.31. The Bertz CT molecular complexity index is 816. The van der Waals surface area contributed by atoms with Crippen LogP contribution in [0.5, 0.6) is 0 Å². The van der Waals surface area contributed by atoms with Gasteiger partial charge < -0.3 is 15.5 Å². The summed E-state index contributed by atoms with van der Waals surface area (Å²) in [5.74, 6) is -0.522. The Kier molecular flexibility index (Phi) is 3.53. The molecule has 3 rings (SSSR count). The van der Waals surface area contributed by atoms with Gasteiger partial charge in [-0.2, -0.15) is 4.98 Å². The van der Waals surface area contributed by atoms with Crippen molar-refractivity contribution in [2.45, 2.75) is 6.54 Å². The first kappa shape index (κ1) is 13.9. The second-order valence-corrected chi connectivity index (χ2v) is 4.92. The molecule has 0 spiro atoms. The van der Waals surface area contributed by atoms with E-state index in [1.54, 1.807) is 24.3 Å². The minimum absolute atomic E-state index is 0.0614. The lowest BCUT2D eigenvalue weighted by atomic mass is 10.2. The molecule has 3 N–H and O–H groups in total. The lowest BCUT2D eigenvalue weighted by Crippen LogP contribution is -2.02. The summed E-state index contributed by atoms with van der Waals surface area (Å²) < 4.78 is 19.3. The van der Waals surface area contributed by atoms with Crippen LogP contribution in [0.3, 0.4) is 0 Å². The molecule has 0 saturated carbocycles. The smallest absolute Gasteiger partial charge is 0.300 e. The largest absolute Gasteiger partial charge is 0.420 e. The maximum absolute atomic E-state index is 13.9. The van der Waals surface area contributed by atoms with Crippen LogP contribution in [-0.2, 0) is 6.54 Å². The first-order valence-electron chi connectivity index (χ1n) is 6.25. The van der Waals surface area contributed by atoms with Gasteiger partial charge in [-0.25, -0.2) is 4.39 Å². The van der Waals surface area contributed by atoms with E-state index >= 15 is 0 Å². The molecule has 0 bridgehead atoms. The van der Waals surface area contributed by atoms with E-state index in [4.69, 9.17) is 21.8 Å². The van der Waals surface area contributed by atoms with E-state index in [1.807, 2.05) is 6.07 Å². The highest BCUT2D eigenvalue weighted by atomic mass is 35.5. The molecular weight excluding hydrogens is 293 g/mol. The summed E-state index contributed by atoms with van der Waals surface area (Å²) in [7, 11) is 0. The molecule has 0 unspecified atom stereocenters. The normalized spacial score (nSPS) is 11.0. The Hall–Kier alpha value is -2.11. The van der Waals surface area contributed by atoms with E-state index in [9.17, 15) is 4.39 Å². The van der Waals surface area contributed by atoms with E-state index in [2.05, 4.69) is 17.2 Å². The van der Waals surface area contributed by atoms with Crippen molar-refractivity contribution >= 4 is 34.4 Å². The summed E-state index contributed by atoms with van der Waals surface area (Å²) >= 11 is 6.14. The molecule has 0 atom stereocenters. The van der Waals surface area contributed by atoms with Gasteiger partial charge in [0.05, 0.1) is 10.7 Å². The van der Waals surface area contributed by atoms with E-state index < -0.39 is 5.82 Å². The van der Waals surface area contributed by atoms with Crippen LogP contribution in [0.15, 0.2) is 34.7 Å². The van der Waals surface area contributed by atoms with Gasteiger partial charge in [-0.1, -0.05) is 29.8 Å².